The lowest BCUT2D eigenvalue weighted by Crippen LogP contribution is -2.36. The molecule has 2 aromatic rings. The summed E-state index contributed by atoms with van der Waals surface area (Å²) in [5, 5.41) is 2.74. The van der Waals surface area contributed by atoms with Gasteiger partial charge in [0.2, 0.25) is 5.91 Å². The van der Waals surface area contributed by atoms with Crippen molar-refractivity contribution in [2.24, 2.45) is 4.99 Å². The van der Waals surface area contributed by atoms with Crippen LogP contribution in [0.15, 0.2) is 53.5 Å². The average molecular weight is 323 g/mol. The molecule has 1 heterocycles. The van der Waals surface area contributed by atoms with E-state index in [0.29, 0.717) is 0 Å². The molecule has 1 aliphatic heterocycles. The maximum absolute atomic E-state index is 11.0. The number of benzene rings is 2. The number of aliphatic imine (C=N–C) groups is 1. The quantitative estimate of drug-likeness (QED) is 0.879. The van der Waals surface area contributed by atoms with Crippen LogP contribution in [0.25, 0.3) is 0 Å². The molecule has 1 saturated heterocycles. The SMILES string of the molecule is CC(=O)Nc1ccc(N=Cc2ccc(N3CCOCC3)cc2)cc1. The number of carbonyl (C=O) groups excluding carboxylic acids is 1. The maximum atomic E-state index is 11.0. The molecule has 1 fully saturated rings. The van der Waals surface area contributed by atoms with Crippen molar-refractivity contribution in [1.82, 2.24) is 0 Å². The van der Waals surface area contributed by atoms with Gasteiger partial charge in [-0.1, -0.05) is 12.1 Å². The van der Waals surface area contributed by atoms with E-state index in [0.717, 1.165) is 43.2 Å². The second-order valence-corrected chi connectivity index (χ2v) is 5.68. The molecule has 0 aliphatic carbocycles. The highest BCUT2D eigenvalue weighted by atomic mass is 16.5. The highest BCUT2D eigenvalue weighted by Gasteiger charge is 2.10. The number of nitrogens with zero attached hydrogens (tertiary/aromatic N) is 2. The van der Waals surface area contributed by atoms with Crippen molar-refractivity contribution in [3.8, 4) is 0 Å². The molecule has 0 bridgehead atoms. The zero-order chi connectivity index (χ0) is 16.8. The van der Waals surface area contributed by atoms with Gasteiger partial charge in [0.25, 0.3) is 0 Å². The molecule has 0 aromatic heterocycles. The van der Waals surface area contributed by atoms with E-state index in [1.807, 2.05) is 30.5 Å². The molecule has 1 aliphatic rings. The third kappa shape index (κ3) is 4.43. The van der Waals surface area contributed by atoms with E-state index in [1.54, 1.807) is 0 Å². The first-order chi connectivity index (χ1) is 11.7. The van der Waals surface area contributed by atoms with E-state index < -0.39 is 0 Å². The molecule has 5 nitrogen and oxygen atoms in total. The third-order valence-corrected chi connectivity index (χ3v) is 3.82. The molecule has 24 heavy (non-hydrogen) atoms. The van der Waals surface area contributed by atoms with Gasteiger partial charge in [0, 0.05) is 37.6 Å². The van der Waals surface area contributed by atoms with Crippen LogP contribution in [0.3, 0.4) is 0 Å². The molecule has 1 amide bonds. The van der Waals surface area contributed by atoms with Crippen LogP contribution in [0.1, 0.15) is 12.5 Å². The first-order valence-corrected chi connectivity index (χ1v) is 8.05. The van der Waals surface area contributed by atoms with Crippen LogP contribution in [-0.2, 0) is 9.53 Å². The van der Waals surface area contributed by atoms with Gasteiger partial charge in [0.15, 0.2) is 0 Å². The summed E-state index contributed by atoms with van der Waals surface area (Å²) in [6.07, 6.45) is 1.84. The molecule has 0 radical (unpaired) electrons. The summed E-state index contributed by atoms with van der Waals surface area (Å²) >= 11 is 0. The van der Waals surface area contributed by atoms with Gasteiger partial charge in [-0.3, -0.25) is 9.79 Å². The van der Waals surface area contributed by atoms with Gasteiger partial charge in [-0.2, -0.15) is 0 Å². The molecule has 1 N–H and O–H groups in total. The number of rotatable bonds is 4. The minimum Gasteiger partial charge on any atom is -0.378 e. The number of anilines is 2. The van der Waals surface area contributed by atoms with Crippen molar-refractivity contribution in [2.75, 3.05) is 36.5 Å². The zero-order valence-electron chi connectivity index (χ0n) is 13.7. The lowest BCUT2D eigenvalue weighted by Gasteiger charge is -2.28. The van der Waals surface area contributed by atoms with Gasteiger partial charge in [-0.05, 0) is 42.0 Å². The Balaban J connectivity index is 1.62. The fraction of sp³-hybridized carbons (Fsp3) is 0.263. The standard InChI is InChI=1S/C19H21N3O2/c1-15(23)21-18-6-4-17(5-7-18)20-14-16-2-8-19(9-3-16)22-10-12-24-13-11-22/h2-9,14H,10-13H2,1H3,(H,21,23). The van der Waals surface area contributed by atoms with Crippen LogP contribution >= 0.6 is 0 Å². The van der Waals surface area contributed by atoms with Crippen LogP contribution < -0.4 is 10.2 Å². The Labute approximate surface area is 142 Å². The first kappa shape index (κ1) is 16.2. The Hall–Kier alpha value is -2.66. The van der Waals surface area contributed by atoms with E-state index in [9.17, 15) is 4.79 Å². The molecule has 0 spiro atoms. The summed E-state index contributed by atoms with van der Waals surface area (Å²) in [4.78, 5) is 17.8. The van der Waals surface area contributed by atoms with Crippen molar-refractivity contribution in [3.05, 3.63) is 54.1 Å². The van der Waals surface area contributed by atoms with E-state index in [-0.39, 0.29) is 5.91 Å². The van der Waals surface area contributed by atoms with Crippen LogP contribution in [0, 0.1) is 0 Å². The second-order valence-electron chi connectivity index (χ2n) is 5.68. The molecule has 5 heteroatoms. The van der Waals surface area contributed by atoms with Crippen LogP contribution in [0.4, 0.5) is 17.1 Å². The molecule has 0 saturated carbocycles. The summed E-state index contributed by atoms with van der Waals surface area (Å²) in [6, 6.07) is 15.8. The summed E-state index contributed by atoms with van der Waals surface area (Å²) in [7, 11) is 0. The second kappa shape index (κ2) is 7.75. The largest absolute Gasteiger partial charge is 0.378 e. The van der Waals surface area contributed by atoms with Gasteiger partial charge in [0.1, 0.15) is 0 Å². The summed E-state index contributed by atoms with van der Waals surface area (Å²) in [5.41, 5.74) is 3.89. The molecular weight excluding hydrogens is 302 g/mol. The number of hydrogen-bond acceptors (Lipinski definition) is 4. The fourth-order valence-electron chi connectivity index (χ4n) is 2.58. The van der Waals surface area contributed by atoms with Crippen molar-refractivity contribution in [1.29, 1.82) is 0 Å². The molecule has 3 rings (SSSR count). The van der Waals surface area contributed by atoms with Gasteiger partial charge >= 0.3 is 0 Å². The maximum Gasteiger partial charge on any atom is 0.221 e. The minimum atomic E-state index is -0.0772. The highest BCUT2D eigenvalue weighted by molar-refractivity contribution is 5.89. The number of nitrogens with one attached hydrogen (secondary N) is 1. The third-order valence-electron chi connectivity index (χ3n) is 3.82. The van der Waals surface area contributed by atoms with Gasteiger partial charge in [-0.15, -0.1) is 0 Å². The molecular formula is C19H21N3O2. The minimum absolute atomic E-state index is 0.0772. The summed E-state index contributed by atoms with van der Waals surface area (Å²) < 4.78 is 5.38. The Kier molecular flexibility index (Phi) is 5.23. The van der Waals surface area contributed by atoms with Crippen molar-refractivity contribution >= 4 is 29.2 Å². The topological polar surface area (TPSA) is 53.9 Å². The lowest BCUT2D eigenvalue weighted by molar-refractivity contribution is -0.114. The Morgan fingerprint density at radius 3 is 2.38 bits per heavy atom. The van der Waals surface area contributed by atoms with Gasteiger partial charge in [0.05, 0.1) is 18.9 Å². The first-order valence-electron chi connectivity index (χ1n) is 8.05. The van der Waals surface area contributed by atoms with E-state index in [4.69, 9.17) is 4.74 Å². The van der Waals surface area contributed by atoms with Crippen molar-refractivity contribution in [3.63, 3.8) is 0 Å². The van der Waals surface area contributed by atoms with Crippen LogP contribution in [-0.4, -0.2) is 38.4 Å². The summed E-state index contributed by atoms with van der Waals surface area (Å²) in [6.45, 7) is 4.95. The van der Waals surface area contributed by atoms with Crippen molar-refractivity contribution in [2.45, 2.75) is 6.92 Å². The fourth-order valence-corrected chi connectivity index (χ4v) is 2.58. The summed E-state index contributed by atoms with van der Waals surface area (Å²) in [5.74, 6) is -0.0772. The van der Waals surface area contributed by atoms with Gasteiger partial charge in [-0.25, -0.2) is 0 Å². The highest BCUT2D eigenvalue weighted by Crippen LogP contribution is 2.18. The number of carbonyl (C=O) groups is 1. The van der Waals surface area contributed by atoms with E-state index >= 15 is 0 Å². The lowest BCUT2D eigenvalue weighted by atomic mass is 10.2. The number of hydrogen-bond donors (Lipinski definition) is 1. The molecule has 0 atom stereocenters. The van der Waals surface area contributed by atoms with Crippen LogP contribution in [0.2, 0.25) is 0 Å². The monoisotopic (exact) mass is 323 g/mol. The van der Waals surface area contributed by atoms with E-state index in [2.05, 4.69) is 39.5 Å². The normalized spacial score (nSPS) is 14.8. The predicted octanol–water partition coefficient (Wildman–Crippen LogP) is 3.23. The Morgan fingerprint density at radius 1 is 1.08 bits per heavy atom. The smallest absolute Gasteiger partial charge is 0.221 e. The van der Waals surface area contributed by atoms with Crippen molar-refractivity contribution < 1.29 is 9.53 Å². The number of ether oxygens (including phenoxy) is 1. The predicted molar refractivity (Wildman–Crippen MR) is 97.5 cm³/mol. The zero-order valence-corrected chi connectivity index (χ0v) is 13.7. The van der Waals surface area contributed by atoms with Crippen LogP contribution in [0.5, 0.6) is 0 Å². The molecule has 2 aromatic carbocycles. The van der Waals surface area contributed by atoms with E-state index in [1.165, 1.54) is 12.6 Å². The van der Waals surface area contributed by atoms with Gasteiger partial charge < -0.3 is 15.0 Å². The average Bonchev–Trinajstić information content (AvgIpc) is 2.62. The molecule has 0 unspecified atom stereocenters. The number of amides is 1. The Morgan fingerprint density at radius 2 is 1.75 bits per heavy atom. The number of morpholine rings is 1. The molecule has 124 valence electrons. The Bertz CT molecular complexity index is 702.